The molecule has 3 aromatic carbocycles. The smallest absolute Gasteiger partial charge is 0.323 e. The molecule has 4 aromatic rings. The summed E-state index contributed by atoms with van der Waals surface area (Å²) in [7, 11) is 0. The van der Waals surface area contributed by atoms with Crippen molar-refractivity contribution in [3.8, 4) is 11.3 Å². The van der Waals surface area contributed by atoms with Crippen LogP contribution in [-0.4, -0.2) is 11.0 Å². The van der Waals surface area contributed by atoms with Crippen LogP contribution in [0.25, 0.3) is 22.2 Å². The lowest BCUT2D eigenvalue weighted by atomic mass is 10.1. The molecule has 0 bridgehead atoms. The van der Waals surface area contributed by atoms with E-state index >= 15 is 0 Å². The summed E-state index contributed by atoms with van der Waals surface area (Å²) in [5.74, 6) is 0. The molecule has 0 unspecified atom stereocenters. The van der Waals surface area contributed by atoms with Crippen LogP contribution in [0.2, 0.25) is 0 Å². The maximum atomic E-state index is 12.2. The second-order valence-electron chi connectivity index (χ2n) is 6.80. The lowest BCUT2D eigenvalue weighted by Gasteiger charge is -2.09. The zero-order valence-electron chi connectivity index (χ0n) is 15.3. The second kappa shape index (κ2) is 7.00. The van der Waals surface area contributed by atoms with Gasteiger partial charge in [0.1, 0.15) is 0 Å². The number of urea groups is 1. The molecule has 0 atom stereocenters. The Kier molecular flexibility index (Phi) is 4.38. The number of anilines is 2. The summed E-state index contributed by atoms with van der Waals surface area (Å²) in [6, 6.07) is 23.9. The number of fused-ring (bicyclic) bond motifs is 1. The van der Waals surface area contributed by atoms with E-state index in [4.69, 9.17) is 0 Å². The van der Waals surface area contributed by atoms with Crippen LogP contribution >= 0.6 is 0 Å². The van der Waals surface area contributed by atoms with Crippen molar-refractivity contribution >= 4 is 28.3 Å². The van der Waals surface area contributed by atoms with Gasteiger partial charge in [-0.15, -0.1) is 0 Å². The van der Waals surface area contributed by atoms with Gasteiger partial charge in [0.15, 0.2) is 0 Å². The summed E-state index contributed by atoms with van der Waals surface area (Å²) >= 11 is 0. The van der Waals surface area contributed by atoms with Gasteiger partial charge in [0.05, 0.1) is 0 Å². The van der Waals surface area contributed by atoms with Crippen molar-refractivity contribution in [1.82, 2.24) is 4.98 Å². The van der Waals surface area contributed by atoms with Crippen molar-refractivity contribution in [2.45, 2.75) is 13.8 Å². The third-order valence-electron chi connectivity index (χ3n) is 4.46. The van der Waals surface area contributed by atoms with Crippen LogP contribution in [0.3, 0.4) is 0 Å². The van der Waals surface area contributed by atoms with Gasteiger partial charge in [-0.25, -0.2) is 4.79 Å². The standard InChI is InChI=1S/C23H21N3O/c1-15-11-16(2)13-20(12-15)25-23(27)24-19-9-7-17(8-10-19)22-14-18-5-3-4-6-21(18)26-22/h3-14,26H,1-2H3,(H2,24,25,27). The fourth-order valence-corrected chi connectivity index (χ4v) is 3.30. The molecule has 4 nitrogen and oxygen atoms in total. The van der Waals surface area contributed by atoms with Crippen molar-refractivity contribution < 1.29 is 4.79 Å². The highest BCUT2D eigenvalue weighted by Crippen LogP contribution is 2.25. The molecule has 0 aliphatic heterocycles. The number of H-pyrrole nitrogens is 1. The Morgan fingerprint density at radius 3 is 2.15 bits per heavy atom. The Bertz CT molecular complexity index is 1060. The molecule has 4 heteroatoms. The van der Waals surface area contributed by atoms with Gasteiger partial charge in [0.2, 0.25) is 0 Å². The van der Waals surface area contributed by atoms with Crippen LogP contribution in [0, 0.1) is 13.8 Å². The van der Waals surface area contributed by atoms with Crippen LogP contribution in [0.15, 0.2) is 72.8 Å². The molecule has 1 aromatic heterocycles. The molecule has 0 radical (unpaired) electrons. The molecule has 2 amide bonds. The quantitative estimate of drug-likeness (QED) is 0.409. The number of nitrogens with one attached hydrogen (secondary N) is 3. The van der Waals surface area contributed by atoms with Gasteiger partial charge in [-0.3, -0.25) is 0 Å². The summed E-state index contributed by atoms with van der Waals surface area (Å²) in [6.45, 7) is 4.03. The van der Waals surface area contributed by atoms with Gasteiger partial charge in [0, 0.05) is 28.0 Å². The van der Waals surface area contributed by atoms with Crippen LogP contribution in [0.5, 0.6) is 0 Å². The van der Waals surface area contributed by atoms with E-state index in [-0.39, 0.29) is 6.03 Å². The predicted octanol–water partition coefficient (Wildman–Crippen LogP) is 6.10. The first kappa shape index (κ1) is 16.9. The second-order valence-corrected chi connectivity index (χ2v) is 6.80. The Hall–Kier alpha value is -3.53. The van der Waals surface area contributed by atoms with Gasteiger partial charge in [-0.2, -0.15) is 0 Å². The van der Waals surface area contributed by atoms with Gasteiger partial charge in [-0.1, -0.05) is 36.4 Å². The highest BCUT2D eigenvalue weighted by molar-refractivity contribution is 6.00. The van der Waals surface area contributed by atoms with E-state index in [1.807, 2.05) is 62.4 Å². The number of para-hydroxylation sites is 1. The van der Waals surface area contributed by atoms with Crippen LogP contribution in [-0.2, 0) is 0 Å². The molecule has 0 saturated heterocycles. The molecular weight excluding hydrogens is 334 g/mol. The van der Waals surface area contributed by atoms with Crippen molar-refractivity contribution in [2.75, 3.05) is 10.6 Å². The molecule has 27 heavy (non-hydrogen) atoms. The maximum absolute atomic E-state index is 12.2. The summed E-state index contributed by atoms with van der Waals surface area (Å²) in [6.07, 6.45) is 0. The van der Waals surface area contributed by atoms with Crippen molar-refractivity contribution in [2.24, 2.45) is 0 Å². The first-order chi connectivity index (χ1) is 13.1. The number of rotatable bonds is 3. The zero-order valence-corrected chi connectivity index (χ0v) is 15.3. The van der Waals surface area contributed by atoms with E-state index < -0.39 is 0 Å². The van der Waals surface area contributed by atoms with Crippen molar-refractivity contribution in [3.63, 3.8) is 0 Å². The van der Waals surface area contributed by atoms with Gasteiger partial charge >= 0.3 is 6.03 Å². The number of hydrogen-bond donors (Lipinski definition) is 3. The number of amides is 2. The average Bonchev–Trinajstić information content (AvgIpc) is 3.05. The first-order valence-electron chi connectivity index (χ1n) is 8.91. The predicted molar refractivity (Wildman–Crippen MR) is 112 cm³/mol. The monoisotopic (exact) mass is 355 g/mol. The molecule has 134 valence electrons. The molecule has 0 saturated carbocycles. The Labute approximate surface area is 158 Å². The Balaban J connectivity index is 1.46. The van der Waals surface area contributed by atoms with E-state index in [1.54, 1.807) is 0 Å². The molecule has 3 N–H and O–H groups in total. The molecule has 1 heterocycles. The number of carbonyl (C=O) groups is 1. The lowest BCUT2D eigenvalue weighted by molar-refractivity contribution is 0.262. The number of benzene rings is 3. The minimum Gasteiger partial charge on any atom is -0.355 e. The van der Waals surface area contributed by atoms with Crippen molar-refractivity contribution in [3.05, 3.63) is 83.9 Å². The molecule has 0 aliphatic rings. The van der Waals surface area contributed by atoms with E-state index in [0.29, 0.717) is 0 Å². The van der Waals surface area contributed by atoms with E-state index in [0.717, 1.165) is 39.3 Å². The number of aromatic amines is 1. The van der Waals surface area contributed by atoms with Gasteiger partial charge in [-0.05, 0) is 66.9 Å². The normalized spacial score (nSPS) is 10.7. The molecular formula is C23H21N3O. The van der Waals surface area contributed by atoms with Crippen molar-refractivity contribution in [1.29, 1.82) is 0 Å². The van der Waals surface area contributed by atoms with Gasteiger partial charge in [0.25, 0.3) is 0 Å². The summed E-state index contributed by atoms with van der Waals surface area (Å²) in [5, 5.41) is 6.94. The minimum absolute atomic E-state index is 0.252. The first-order valence-corrected chi connectivity index (χ1v) is 8.91. The zero-order chi connectivity index (χ0) is 18.8. The van der Waals surface area contributed by atoms with Crippen LogP contribution in [0.4, 0.5) is 16.2 Å². The van der Waals surface area contributed by atoms with E-state index in [9.17, 15) is 4.79 Å². The SMILES string of the molecule is Cc1cc(C)cc(NC(=O)Nc2ccc(-c3cc4ccccc4[nH]3)cc2)c1. The maximum Gasteiger partial charge on any atom is 0.323 e. The third kappa shape index (κ3) is 3.85. The average molecular weight is 355 g/mol. The molecule has 4 rings (SSSR count). The highest BCUT2D eigenvalue weighted by atomic mass is 16.2. The van der Waals surface area contributed by atoms with E-state index in [1.165, 1.54) is 5.39 Å². The Morgan fingerprint density at radius 1 is 0.778 bits per heavy atom. The number of aryl methyl sites for hydroxylation is 2. The summed E-state index contributed by atoms with van der Waals surface area (Å²) in [5.41, 5.74) is 7.02. The summed E-state index contributed by atoms with van der Waals surface area (Å²) in [4.78, 5) is 15.7. The number of carbonyl (C=O) groups excluding carboxylic acids is 1. The molecule has 0 aliphatic carbocycles. The van der Waals surface area contributed by atoms with Gasteiger partial charge < -0.3 is 15.6 Å². The number of aromatic nitrogens is 1. The minimum atomic E-state index is -0.252. The molecule has 0 fully saturated rings. The third-order valence-corrected chi connectivity index (χ3v) is 4.46. The highest BCUT2D eigenvalue weighted by Gasteiger charge is 2.06. The fraction of sp³-hybridized carbons (Fsp3) is 0.0870. The number of hydrogen-bond acceptors (Lipinski definition) is 1. The largest absolute Gasteiger partial charge is 0.355 e. The van der Waals surface area contributed by atoms with E-state index in [2.05, 4.69) is 39.9 Å². The topological polar surface area (TPSA) is 56.9 Å². The summed E-state index contributed by atoms with van der Waals surface area (Å²) < 4.78 is 0. The lowest BCUT2D eigenvalue weighted by Crippen LogP contribution is -2.19. The molecule has 0 spiro atoms. The Morgan fingerprint density at radius 2 is 1.44 bits per heavy atom. The van der Waals surface area contributed by atoms with Crippen LogP contribution < -0.4 is 10.6 Å². The fourth-order valence-electron chi connectivity index (χ4n) is 3.30. The van der Waals surface area contributed by atoms with Crippen LogP contribution in [0.1, 0.15) is 11.1 Å².